The first-order chi connectivity index (χ1) is 9.70. The van der Waals surface area contributed by atoms with Crippen LogP contribution in [-0.4, -0.2) is 18.0 Å². The van der Waals surface area contributed by atoms with Crippen LogP contribution in [0.1, 0.15) is 43.2 Å². The average molecular weight is 273 g/mol. The van der Waals surface area contributed by atoms with E-state index in [9.17, 15) is 4.79 Å². The normalized spacial score (nSPS) is 15.8. The van der Waals surface area contributed by atoms with E-state index in [2.05, 4.69) is 6.58 Å². The average Bonchev–Trinajstić information content (AvgIpc) is 2.53. The number of carbonyl (C=O) groups is 1. The Bertz CT molecular complexity index is 447. The van der Waals surface area contributed by atoms with Gasteiger partial charge in [0.1, 0.15) is 6.61 Å². The van der Waals surface area contributed by atoms with Crippen molar-refractivity contribution in [2.45, 2.75) is 38.7 Å². The van der Waals surface area contributed by atoms with Crippen LogP contribution < -0.4 is 0 Å². The smallest absolute Gasteiger partial charge is 0.248 e. The van der Waals surface area contributed by atoms with Gasteiger partial charge in [-0.3, -0.25) is 9.63 Å². The number of rotatable bonds is 5. The number of hydrogen-bond acceptors (Lipinski definition) is 2. The van der Waals surface area contributed by atoms with Crippen LogP contribution >= 0.6 is 0 Å². The lowest BCUT2D eigenvalue weighted by Gasteiger charge is -2.25. The largest absolute Gasteiger partial charge is 0.272 e. The van der Waals surface area contributed by atoms with Crippen LogP contribution in [0, 0.1) is 5.92 Å². The highest BCUT2D eigenvalue weighted by Gasteiger charge is 2.24. The second-order valence-electron chi connectivity index (χ2n) is 5.39. The third kappa shape index (κ3) is 3.94. The summed E-state index contributed by atoms with van der Waals surface area (Å²) >= 11 is 0. The number of benzene rings is 1. The molecule has 2 rings (SSSR count). The molecule has 108 valence electrons. The zero-order chi connectivity index (χ0) is 14.4. The first-order valence-electron chi connectivity index (χ1n) is 7.32. The molecule has 0 radical (unpaired) electrons. The predicted octanol–water partition coefficient (Wildman–Crippen LogP) is 3.80. The molecule has 1 amide bonds. The van der Waals surface area contributed by atoms with E-state index in [0.29, 0.717) is 6.61 Å². The van der Waals surface area contributed by atoms with E-state index >= 15 is 0 Å². The molecule has 1 aromatic rings. The molecule has 3 nitrogen and oxygen atoms in total. The van der Waals surface area contributed by atoms with Gasteiger partial charge in [0.2, 0.25) is 5.91 Å². The second-order valence-corrected chi connectivity index (χ2v) is 5.39. The highest BCUT2D eigenvalue weighted by Crippen LogP contribution is 2.25. The highest BCUT2D eigenvalue weighted by molar-refractivity contribution is 5.77. The Morgan fingerprint density at radius 2 is 1.95 bits per heavy atom. The first kappa shape index (κ1) is 14.8. The molecular formula is C17H23NO2. The van der Waals surface area contributed by atoms with E-state index in [-0.39, 0.29) is 11.8 Å². The van der Waals surface area contributed by atoms with Gasteiger partial charge in [-0.05, 0) is 24.0 Å². The fraction of sp³-hybridized carbons (Fsp3) is 0.471. The maximum atomic E-state index is 12.2. The molecule has 0 aromatic heterocycles. The molecule has 1 aromatic carbocycles. The quantitative estimate of drug-likeness (QED) is 0.764. The number of amides is 1. The summed E-state index contributed by atoms with van der Waals surface area (Å²) in [5, 5.41) is 1.41. The fourth-order valence-corrected chi connectivity index (χ4v) is 2.59. The van der Waals surface area contributed by atoms with Crippen LogP contribution in [0.15, 0.2) is 30.8 Å². The Hall–Kier alpha value is -1.61. The standard InChI is InChI=1S/C17H23NO2/c1-3-14-9-11-15(12-10-14)13-20-18(2)17(19)16-7-5-4-6-8-16/h3,9-12,16H,1,4-8,13H2,2H3. The number of hydrogen-bond donors (Lipinski definition) is 0. The van der Waals surface area contributed by atoms with E-state index < -0.39 is 0 Å². The molecule has 0 N–H and O–H groups in total. The number of hydroxylamine groups is 2. The summed E-state index contributed by atoms with van der Waals surface area (Å²) in [4.78, 5) is 17.8. The molecule has 20 heavy (non-hydrogen) atoms. The van der Waals surface area contributed by atoms with E-state index in [1.807, 2.05) is 30.3 Å². The third-order valence-electron chi connectivity index (χ3n) is 3.91. The third-order valence-corrected chi connectivity index (χ3v) is 3.91. The van der Waals surface area contributed by atoms with Crippen molar-refractivity contribution in [3.8, 4) is 0 Å². The number of carbonyl (C=O) groups excluding carboxylic acids is 1. The molecule has 1 fully saturated rings. The molecular weight excluding hydrogens is 250 g/mol. The van der Waals surface area contributed by atoms with Crippen LogP contribution in [0.2, 0.25) is 0 Å². The van der Waals surface area contributed by atoms with Crippen molar-refractivity contribution >= 4 is 12.0 Å². The van der Waals surface area contributed by atoms with E-state index in [4.69, 9.17) is 4.84 Å². The van der Waals surface area contributed by atoms with Crippen molar-refractivity contribution in [2.24, 2.45) is 5.92 Å². The van der Waals surface area contributed by atoms with Gasteiger partial charge in [-0.25, -0.2) is 5.06 Å². The van der Waals surface area contributed by atoms with Gasteiger partial charge < -0.3 is 0 Å². The van der Waals surface area contributed by atoms with E-state index in [0.717, 1.165) is 36.8 Å². The monoisotopic (exact) mass is 273 g/mol. The first-order valence-corrected chi connectivity index (χ1v) is 7.32. The molecule has 0 atom stereocenters. The van der Waals surface area contributed by atoms with Crippen LogP contribution in [0.25, 0.3) is 6.08 Å². The van der Waals surface area contributed by atoms with Gasteiger partial charge in [-0.2, -0.15) is 0 Å². The fourth-order valence-electron chi connectivity index (χ4n) is 2.59. The Kier molecular flexibility index (Phi) is 5.36. The van der Waals surface area contributed by atoms with Gasteiger partial charge in [0.05, 0.1) is 0 Å². The molecule has 0 bridgehead atoms. The topological polar surface area (TPSA) is 29.5 Å². The SMILES string of the molecule is C=Cc1ccc(CON(C)C(=O)C2CCCCC2)cc1. The number of nitrogens with zero attached hydrogens (tertiary/aromatic N) is 1. The van der Waals surface area contributed by atoms with Gasteiger partial charge in [0.25, 0.3) is 0 Å². The van der Waals surface area contributed by atoms with Gasteiger partial charge in [0.15, 0.2) is 0 Å². The summed E-state index contributed by atoms with van der Waals surface area (Å²) in [6.45, 7) is 4.15. The molecule has 0 spiro atoms. The van der Waals surface area contributed by atoms with Crippen LogP contribution in [0.4, 0.5) is 0 Å². The minimum absolute atomic E-state index is 0.118. The molecule has 3 heteroatoms. The molecule has 1 aliphatic carbocycles. The van der Waals surface area contributed by atoms with Gasteiger partial charge in [0, 0.05) is 13.0 Å². The van der Waals surface area contributed by atoms with Crippen molar-refractivity contribution < 1.29 is 9.63 Å². The highest BCUT2D eigenvalue weighted by atomic mass is 16.7. The maximum Gasteiger partial charge on any atom is 0.248 e. The molecule has 0 unspecified atom stereocenters. The zero-order valence-electron chi connectivity index (χ0n) is 12.2. The summed E-state index contributed by atoms with van der Waals surface area (Å²) in [5.74, 6) is 0.268. The Morgan fingerprint density at radius 3 is 2.55 bits per heavy atom. The summed E-state index contributed by atoms with van der Waals surface area (Å²) in [7, 11) is 1.72. The van der Waals surface area contributed by atoms with Crippen molar-refractivity contribution in [1.29, 1.82) is 0 Å². The Balaban J connectivity index is 1.82. The van der Waals surface area contributed by atoms with Crippen molar-refractivity contribution in [3.05, 3.63) is 42.0 Å². The maximum absolute atomic E-state index is 12.2. The minimum atomic E-state index is 0.118. The zero-order valence-corrected chi connectivity index (χ0v) is 12.2. The summed E-state index contributed by atoms with van der Waals surface area (Å²) in [6.07, 6.45) is 7.38. The lowest BCUT2D eigenvalue weighted by atomic mass is 9.89. The van der Waals surface area contributed by atoms with E-state index in [1.54, 1.807) is 7.05 Å². The summed E-state index contributed by atoms with van der Waals surface area (Å²) in [5.41, 5.74) is 2.14. The lowest BCUT2D eigenvalue weighted by Crippen LogP contribution is -2.33. The van der Waals surface area contributed by atoms with Crippen molar-refractivity contribution in [2.75, 3.05) is 7.05 Å². The van der Waals surface area contributed by atoms with Crippen molar-refractivity contribution in [1.82, 2.24) is 5.06 Å². The van der Waals surface area contributed by atoms with Gasteiger partial charge in [-0.15, -0.1) is 0 Å². The van der Waals surface area contributed by atoms with Crippen LogP contribution in [-0.2, 0) is 16.2 Å². The van der Waals surface area contributed by atoms with Crippen LogP contribution in [0.5, 0.6) is 0 Å². The summed E-state index contributed by atoms with van der Waals surface area (Å²) < 4.78 is 0. The summed E-state index contributed by atoms with van der Waals surface area (Å²) in [6, 6.07) is 7.98. The van der Waals surface area contributed by atoms with Crippen molar-refractivity contribution in [3.63, 3.8) is 0 Å². The van der Waals surface area contributed by atoms with E-state index in [1.165, 1.54) is 11.5 Å². The molecule has 0 heterocycles. The Morgan fingerprint density at radius 1 is 1.30 bits per heavy atom. The molecule has 1 saturated carbocycles. The van der Waals surface area contributed by atoms with Gasteiger partial charge in [-0.1, -0.05) is 56.2 Å². The molecule has 0 aliphatic heterocycles. The second kappa shape index (κ2) is 7.25. The van der Waals surface area contributed by atoms with Gasteiger partial charge >= 0.3 is 0 Å². The molecule has 0 saturated heterocycles. The Labute approximate surface area is 121 Å². The predicted molar refractivity (Wildman–Crippen MR) is 80.7 cm³/mol. The lowest BCUT2D eigenvalue weighted by molar-refractivity contribution is -0.188. The molecule has 1 aliphatic rings. The minimum Gasteiger partial charge on any atom is -0.272 e. The van der Waals surface area contributed by atoms with Crippen LogP contribution in [0.3, 0.4) is 0 Å².